The Morgan fingerprint density at radius 1 is 1.37 bits per heavy atom. The van der Waals surface area contributed by atoms with Gasteiger partial charge in [0.25, 0.3) is 0 Å². The summed E-state index contributed by atoms with van der Waals surface area (Å²) >= 11 is 0. The normalized spacial score (nSPS) is 24.4. The number of carbonyl (C=O) groups is 1. The molecule has 1 aliphatic rings. The smallest absolute Gasteiger partial charge is 0.323 e. The Balaban J connectivity index is 2.34. The molecule has 2 N–H and O–H groups in total. The van der Waals surface area contributed by atoms with Crippen molar-refractivity contribution in [1.29, 1.82) is 0 Å². The van der Waals surface area contributed by atoms with Crippen LogP contribution >= 0.6 is 0 Å². The summed E-state index contributed by atoms with van der Waals surface area (Å²) < 4.78 is 0. The van der Waals surface area contributed by atoms with E-state index in [0.717, 1.165) is 32.0 Å². The Bertz CT molecular complexity index is 312. The molecular weight excluding hydrogens is 240 g/mol. The van der Waals surface area contributed by atoms with E-state index in [4.69, 9.17) is 0 Å². The molecule has 112 valence electrons. The number of carboxylic acid groups (broad SMARTS) is 1. The zero-order valence-corrected chi connectivity index (χ0v) is 13.1. The second-order valence-corrected chi connectivity index (χ2v) is 7.14. The highest BCUT2D eigenvalue weighted by atomic mass is 16.4. The average Bonchev–Trinajstić information content (AvgIpc) is 2.77. The molecule has 0 aliphatic carbocycles. The highest BCUT2D eigenvalue weighted by Gasteiger charge is 2.33. The molecule has 0 amide bonds. The minimum Gasteiger partial charge on any atom is -0.480 e. The topological polar surface area (TPSA) is 52.6 Å². The Morgan fingerprint density at radius 2 is 2.00 bits per heavy atom. The van der Waals surface area contributed by atoms with Crippen LogP contribution in [-0.2, 0) is 4.79 Å². The predicted molar refractivity (Wildman–Crippen MR) is 78.3 cm³/mol. The first-order chi connectivity index (χ1) is 8.69. The first-order valence-electron chi connectivity index (χ1n) is 7.34. The van der Waals surface area contributed by atoms with Gasteiger partial charge in [-0.05, 0) is 57.7 Å². The van der Waals surface area contributed by atoms with Gasteiger partial charge in [0.1, 0.15) is 5.54 Å². The lowest BCUT2D eigenvalue weighted by Gasteiger charge is -2.28. The molecule has 0 aromatic rings. The maximum Gasteiger partial charge on any atom is 0.323 e. The molecule has 1 rings (SSSR count). The summed E-state index contributed by atoms with van der Waals surface area (Å²) in [6.07, 6.45) is 2.88. The van der Waals surface area contributed by atoms with E-state index in [2.05, 4.69) is 31.0 Å². The number of rotatable bonds is 6. The van der Waals surface area contributed by atoms with Gasteiger partial charge >= 0.3 is 5.97 Å². The summed E-state index contributed by atoms with van der Waals surface area (Å²) in [5.74, 6) is 0.00616. The molecule has 0 aromatic carbocycles. The Kier molecular flexibility index (Phi) is 5.39. The van der Waals surface area contributed by atoms with Crippen molar-refractivity contribution < 1.29 is 9.90 Å². The van der Waals surface area contributed by atoms with Gasteiger partial charge in [-0.3, -0.25) is 4.79 Å². The maximum absolute atomic E-state index is 11.2. The monoisotopic (exact) mass is 270 g/mol. The molecule has 0 aromatic heterocycles. The van der Waals surface area contributed by atoms with Crippen LogP contribution in [0.4, 0.5) is 0 Å². The number of hydrogen-bond donors (Lipinski definition) is 2. The van der Waals surface area contributed by atoms with Gasteiger partial charge in [0.2, 0.25) is 0 Å². The Morgan fingerprint density at radius 3 is 2.42 bits per heavy atom. The minimum absolute atomic E-state index is 0.384. The van der Waals surface area contributed by atoms with Crippen LogP contribution in [0.5, 0.6) is 0 Å². The molecule has 0 saturated carbocycles. The van der Waals surface area contributed by atoms with Crippen molar-refractivity contribution in [2.24, 2.45) is 11.3 Å². The first kappa shape index (κ1) is 16.4. The average molecular weight is 270 g/mol. The molecule has 2 unspecified atom stereocenters. The van der Waals surface area contributed by atoms with E-state index in [0.29, 0.717) is 11.8 Å². The molecule has 0 radical (unpaired) electrons. The van der Waals surface area contributed by atoms with Crippen molar-refractivity contribution in [1.82, 2.24) is 10.2 Å². The van der Waals surface area contributed by atoms with Crippen molar-refractivity contribution >= 4 is 5.97 Å². The molecular formula is C15H30N2O2. The fraction of sp³-hybridized carbons (Fsp3) is 0.933. The lowest BCUT2D eigenvalue weighted by Crippen LogP contribution is -2.47. The molecule has 19 heavy (non-hydrogen) atoms. The summed E-state index contributed by atoms with van der Waals surface area (Å²) in [4.78, 5) is 13.7. The fourth-order valence-corrected chi connectivity index (χ4v) is 2.74. The third-order valence-electron chi connectivity index (χ3n) is 4.67. The van der Waals surface area contributed by atoms with E-state index in [1.807, 2.05) is 0 Å². The lowest BCUT2D eigenvalue weighted by molar-refractivity contribution is -0.144. The number of aliphatic carboxylic acids is 1. The number of nitrogens with zero attached hydrogens (tertiary/aromatic N) is 1. The van der Waals surface area contributed by atoms with Gasteiger partial charge in [-0.25, -0.2) is 0 Å². The van der Waals surface area contributed by atoms with E-state index >= 15 is 0 Å². The van der Waals surface area contributed by atoms with E-state index < -0.39 is 11.5 Å². The van der Waals surface area contributed by atoms with Crippen LogP contribution < -0.4 is 5.32 Å². The summed E-state index contributed by atoms with van der Waals surface area (Å²) in [5.41, 5.74) is -0.404. The summed E-state index contributed by atoms with van der Waals surface area (Å²) in [5, 5.41) is 12.1. The van der Waals surface area contributed by atoms with Gasteiger partial charge in [0.05, 0.1) is 0 Å². The number of likely N-dealkylation sites (N-methyl/N-ethyl adjacent to an activating group) is 1. The predicted octanol–water partition coefficient (Wildman–Crippen LogP) is 2.20. The standard InChI is InChI=1S/C15H30N2O2/c1-14(2,3)12-7-10-17(11-12)9-6-8-15(4,16-5)13(18)19/h12,16H,6-11H2,1-5H3,(H,18,19). The summed E-state index contributed by atoms with van der Waals surface area (Å²) in [6, 6.07) is 0. The van der Waals surface area contributed by atoms with Crippen LogP contribution in [0.25, 0.3) is 0 Å². The third kappa shape index (κ3) is 4.46. The van der Waals surface area contributed by atoms with Gasteiger partial charge < -0.3 is 15.3 Å². The zero-order chi connectivity index (χ0) is 14.7. The lowest BCUT2D eigenvalue weighted by atomic mass is 9.80. The van der Waals surface area contributed by atoms with Crippen molar-refractivity contribution in [2.45, 2.75) is 52.5 Å². The molecule has 1 aliphatic heterocycles. The van der Waals surface area contributed by atoms with Crippen LogP contribution in [-0.4, -0.2) is 48.2 Å². The number of hydrogen-bond acceptors (Lipinski definition) is 3. The molecule has 0 spiro atoms. The summed E-state index contributed by atoms with van der Waals surface area (Å²) in [6.45, 7) is 12.0. The highest BCUT2D eigenvalue weighted by molar-refractivity contribution is 5.78. The molecule has 4 nitrogen and oxygen atoms in total. The van der Waals surface area contributed by atoms with Crippen LogP contribution in [0.15, 0.2) is 0 Å². The van der Waals surface area contributed by atoms with Crippen molar-refractivity contribution in [3.63, 3.8) is 0 Å². The first-order valence-corrected chi connectivity index (χ1v) is 7.34. The van der Waals surface area contributed by atoms with Crippen LogP contribution in [0.1, 0.15) is 47.0 Å². The molecule has 1 saturated heterocycles. The second-order valence-electron chi connectivity index (χ2n) is 7.14. The van der Waals surface area contributed by atoms with E-state index in [9.17, 15) is 9.90 Å². The quantitative estimate of drug-likeness (QED) is 0.777. The summed E-state index contributed by atoms with van der Waals surface area (Å²) in [7, 11) is 1.72. The van der Waals surface area contributed by atoms with Gasteiger partial charge in [0.15, 0.2) is 0 Å². The highest BCUT2D eigenvalue weighted by Crippen LogP contribution is 2.33. The molecule has 4 heteroatoms. The van der Waals surface area contributed by atoms with E-state index in [1.165, 1.54) is 6.42 Å². The van der Waals surface area contributed by atoms with Crippen LogP contribution in [0.3, 0.4) is 0 Å². The Hall–Kier alpha value is -0.610. The van der Waals surface area contributed by atoms with Crippen molar-refractivity contribution in [2.75, 3.05) is 26.7 Å². The van der Waals surface area contributed by atoms with Gasteiger partial charge in [-0.1, -0.05) is 20.8 Å². The molecule has 0 bridgehead atoms. The van der Waals surface area contributed by atoms with Gasteiger partial charge in [-0.15, -0.1) is 0 Å². The largest absolute Gasteiger partial charge is 0.480 e. The van der Waals surface area contributed by atoms with Gasteiger partial charge in [-0.2, -0.15) is 0 Å². The second kappa shape index (κ2) is 6.23. The van der Waals surface area contributed by atoms with E-state index in [-0.39, 0.29) is 0 Å². The Labute approximate surface area is 117 Å². The molecule has 1 heterocycles. The number of likely N-dealkylation sites (tertiary alicyclic amines) is 1. The van der Waals surface area contributed by atoms with Crippen molar-refractivity contribution in [3.05, 3.63) is 0 Å². The number of carboxylic acids is 1. The molecule has 2 atom stereocenters. The maximum atomic E-state index is 11.2. The minimum atomic E-state index is -0.789. The van der Waals surface area contributed by atoms with E-state index in [1.54, 1.807) is 14.0 Å². The SMILES string of the molecule is CNC(C)(CCCN1CCC(C(C)(C)C)C1)C(=O)O. The molecule has 1 fully saturated rings. The number of nitrogens with one attached hydrogen (secondary N) is 1. The van der Waals surface area contributed by atoms with Crippen LogP contribution in [0.2, 0.25) is 0 Å². The van der Waals surface area contributed by atoms with Crippen LogP contribution in [0, 0.1) is 11.3 Å². The van der Waals surface area contributed by atoms with Gasteiger partial charge in [0, 0.05) is 6.54 Å². The van der Waals surface area contributed by atoms with Crippen molar-refractivity contribution in [3.8, 4) is 0 Å². The fourth-order valence-electron chi connectivity index (χ4n) is 2.74. The zero-order valence-electron chi connectivity index (χ0n) is 13.1. The third-order valence-corrected chi connectivity index (χ3v) is 4.67.